The number of hydrogen-bond acceptors (Lipinski definition) is 4. The van der Waals surface area contributed by atoms with Gasteiger partial charge in [0.1, 0.15) is 5.82 Å². The lowest BCUT2D eigenvalue weighted by atomic mass is 9.95. The second-order valence-electron chi connectivity index (χ2n) is 7.77. The molecule has 4 rings (SSSR count). The predicted molar refractivity (Wildman–Crippen MR) is 116 cm³/mol. The van der Waals surface area contributed by atoms with Gasteiger partial charge >= 0.3 is 5.69 Å². The Balaban J connectivity index is 1.54. The number of carbonyl (C=O) groups excluding carboxylic acids is 2. The molecule has 0 bridgehead atoms. The van der Waals surface area contributed by atoms with Crippen molar-refractivity contribution in [1.29, 1.82) is 0 Å². The van der Waals surface area contributed by atoms with Gasteiger partial charge in [-0.2, -0.15) is 0 Å². The van der Waals surface area contributed by atoms with Crippen LogP contribution in [0.15, 0.2) is 53.3 Å². The summed E-state index contributed by atoms with van der Waals surface area (Å²) >= 11 is 0. The maximum absolute atomic E-state index is 14.1. The molecule has 8 nitrogen and oxygen atoms in total. The molecular formula is C23H24FN5O3. The number of likely N-dealkylation sites (N-methyl/N-ethyl adjacent to an activating group) is 1. The van der Waals surface area contributed by atoms with Gasteiger partial charge in [-0.05, 0) is 30.5 Å². The minimum atomic E-state index is -0.555. The summed E-state index contributed by atoms with van der Waals surface area (Å²) < 4.78 is 14.1. The molecule has 2 aromatic carbocycles. The van der Waals surface area contributed by atoms with Crippen molar-refractivity contribution >= 4 is 11.8 Å². The Labute approximate surface area is 184 Å². The summed E-state index contributed by atoms with van der Waals surface area (Å²) in [6, 6.07) is 14.0. The minimum absolute atomic E-state index is 0.0171. The van der Waals surface area contributed by atoms with Gasteiger partial charge in [0.2, 0.25) is 11.7 Å². The van der Waals surface area contributed by atoms with Crippen LogP contribution in [0, 0.1) is 11.7 Å². The van der Waals surface area contributed by atoms with Crippen molar-refractivity contribution < 1.29 is 14.0 Å². The van der Waals surface area contributed by atoms with E-state index in [9.17, 15) is 18.8 Å². The standard InChI is InChI=1S/C23H24FN5O3/c1-2-28-11-12-29(22(31)20-25-23(32)27-26-20)14-17(21(28)30)13-15-7-9-16(10-8-15)18-5-3-4-6-19(18)24/h3-10,17H,2,11-14H2,1H3,(H2,25,26,27,32). The maximum Gasteiger partial charge on any atom is 0.341 e. The van der Waals surface area contributed by atoms with Crippen LogP contribution in [0.4, 0.5) is 4.39 Å². The third kappa shape index (κ3) is 4.46. The van der Waals surface area contributed by atoms with Gasteiger partial charge in [-0.3, -0.25) is 14.6 Å². The van der Waals surface area contributed by atoms with Crippen LogP contribution in [-0.4, -0.2) is 63.0 Å². The zero-order valence-electron chi connectivity index (χ0n) is 17.7. The highest BCUT2D eigenvalue weighted by Crippen LogP contribution is 2.24. The molecule has 0 aliphatic carbocycles. The second-order valence-corrected chi connectivity index (χ2v) is 7.77. The van der Waals surface area contributed by atoms with Crippen LogP contribution in [0.2, 0.25) is 0 Å². The number of aromatic nitrogens is 3. The average Bonchev–Trinajstić information content (AvgIpc) is 3.17. The van der Waals surface area contributed by atoms with Gasteiger partial charge in [-0.1, -0.05) is 42.5 Å². The van der Waals surface area contributed by atoms with Crippen molar-refractivity contribution in [1.82, 2.24) is 25.0 Å². The van der Waals surface area contributed by atoms with E-state index in [4.69, 9.17) is 0 Å². The molecule has 0 saturated carbocycles. The smallest absolute Gasteiger partial charge is 0.341 e. The molecule has 9 heteroatoms. The highest BCUT2D eigenvalue weighted by Gasteiger charge is 2.33. The Morgan fingerprint density at radius 1 is 1.12 bits per heavy atom. The number of rotatable bonds is 5. The summed E-state index contributed by atoms with van der Waals surface area (Å²) in [6.07, 6.45) is 0.438. The molecule has 1 saturated heterocycles. The fourth-order valence-corrected chi connectivity index (χ4v) is 4.02. The van der Waals surface area contributed by atoms with Crippen LogP contribution in [0.1, 0.15) is 23.1 Å². The van der Waals surface area contributed by atoms with Crippen molar-refractivity contribution in [2.45, 2.75) is 13.3 Å². The van der Waals surface area contributed by atoms with Crippen LogP contribution in [0.3, 0.4) is 0 Å². The fourth-order valence-electron chi connectivity index (χ4n) is 4.02. The summed E-state index contributed by atoms with van der Waals surface area (Å²) in [5.74, 6) is -1.24. The number of amides is 2. The first-order valence-corrected chi connectivity index (χ1v) is 10.5. The molecule has 1 fully saturated rings. The number of hydrogen-bond donors (Lipinski definition) is 2. The first-order chi connectivity index (χ1) is 15.5. The molecule has 1 aliphatic heterocycles. The Morgan fingerprint density at radius 2 is 1.88 bits per heavy atom. The lowest BCUT2D eigenvalue weighted by Crippen LogP contribution is -2.38. The van der Waals surface area contributed by atoms with Gasteiger partial charge in [0.15, 0.2) is 0 Å². The number of halogens is 1. The lowest BCUT2D eigenvalue weighted by molar-refractivity contribution is -0.134. The molecule has 166 valence electrons. The number of nitrogens with one attached hydrogen (secondary N) is 2. The van der Waals surface area contributed by atoms with Crippen LogP contribution < -0.4 is 5.69 Å². The molecule has 2 heterocycles. The molecule has 1 aromatic heterocycles. The quantitative estimate of drug-likeness (QED) is 0.638. The average molecular weight is 437 g/mol. The van der Waals surface area contributed by atoms with Crippen LogP contribution in [0.5, 0.6) is 0 Å². The SMILES string of the molecule is CCN1CCN(C(=O)c2n[nH]c(=O)[nH]2)CC(Cc2ccc(-c3ccccc3F)cc2)C1=O. The summed E-state index contributed by atoms with van der Waals surface area (Å²) in [5, 5.41) is 5.91. The molecule has 1 atom stereocenters. The van der Waals surface area contributed by atoms with Crippen molar-refractivity contribution in [3.05, 3.63) is 76.2 Å². The monoisotopic (exact) mass is 437 g/mol. The molecular weight excluding hydrogens is 413 g/mol. The summed E-state index contributed by atoms with van der Waals surface area (Å²) in [5.41, 5.74) is 1.64. The zero-order valence-corrected chi connectivity index (χ0v) is 17.7. The highest BCUT2D eigenvalue weighted by atomic mass is 19.1. The molecule has 32 heavy (non-hydrogen) atoms. The summed E-state index contributed by atoms with van der Waals surface area (Å²) in [6.45, 7) is 3.44. The van der Waals surface area contributed by atoms with Gasteiger partial charge in [0, 0.05) is 31.7 Å². The van der Waals surface area contributed by atoms with Crippen LogP contribution in [-0.2, 0) is 11.2 Å². The number of aromatic amines is 2. The van der Waals surface area contributed by atoms with Crippen molar-refractivity contribution in [3.63, 3.8) is 0 Å². The van der Waals surface area contributed by atoms with E-state index in [1.54, 1.807) is 28.0 Å². The van der Waals surface area contributed by atoms with Gasteiger partial charge in [0.25, 0.3) is 5.91 Å². The van der Waals surface area contributed by atoms with E-state index in [2.05, 4.69) is 15.2 Å². The molecule has 2 N–H and O–H groups in total. The van der Waals surface area contributed by atoms with E-state index in [0.717, 1.165) is 11.1 Å². The van der Waals surface area contributed by atoms with Gasteiger partial charge < -0.3 is 9.80 Å². The Bertz CT molecular complexity index is 1170. The number of benzene rings is 2. The van der Waals surface area contributed by atoms with Gasteiger partial charge in [-0.15, -0.1) is 5.10 Å². The highest BCUT2D eigenvalue weighted by molar-refractivity contribution is 5.91. The molecule has 0 radical (unpaired) electrons. The lowest BCUT2D eigenvalue weighted by Gasteiger charge is -2.23. The number of carbonyl (C=O) groups is 2. The predicted octanol–water partition coefficient (Wildman–Crippen LogP) is 2.07. The van der Waals surface area contributed by atoms with Gasteiger partial charge in [-0.25, -0.2) is 14.3 Å². The molecule has 1 unspecified atom stereocenters. The first kappa shape index (κ1) is 21.5. The molecule has 0 spiro atoms. The molecule has 3 aromatic rings. The maximum atomic E-state index is 14.1. The topological polar surface area (TPSA) is 102 Å². The van der Waals surface area contributed by atoms with E-state index in [0.29, 0.717) is 31.6 Å². The van der Waals surface area contributed by atoms with Crippen molar-refractivity contribution in [3.8, 4) is 11.1 Å². The van der Waals surface area contributed by atoms with Crippen LogP contribution in [0.25, 0.3) is 11.1 Å². The number of nitrogens with zero attached hydrogens (tertiary/aromatic N) is 3. The van der Waals surface area contributed by atoms with Crippen LogP contribution >= 0.6 is 0 Å². The second kappa shape index (κ2) is 9.17. The third-order valence-electron chi connectivity index (χ3n) is 5.74. The van der Waals surface area contributed by atoms with E-state index in [-0.39, 0.29) is 24.1 Å². The van der Waals surface area contributed by atoms with E-state index in [1.165, 1.54) is 6.07 Å². The summed E-state index contributed by atoms with van der Waals surface area (Å²) in [7, 11) is 0. The minimum Gasteiger partial charge on any atom is -0.341 e. The van der Waals surface area contributed by atoms with E-state index in [1.807, 2.05) is 31.2 Å². The number of H-pyrrole nitrogens is 2. The van der Waals surface area contributed by atoms with E-state index < -0.39 is 17.5 Å². The Hall–Kier alpha value is -3.75. The Kier molecular flexibility index (Phi) is 6.16. The van der Waals surface area contributed by atoms with E-state index >= 15 is 0 Å². The normalized spacial score (nSPS) is 16.8. The molecule has 1 aliphatic rings. The first-order valence-electron chi connectivity index (χ1n) is 10.5. The third-order valence-corrected chi connectivity index (χ3v) is 5.74. The fraction of sp³-hybridized carbons (Fsp3) is 0.304. The zero-order chi connectivity index (χ0) is 22.7. The van der Waals surface area contributed by atoms with Crippen molar-refractivity contribution in [2.75, 3.05) is 26.2 Å². The van der Waals surface area contributed by atoms with Crippen molar-refractivity contribution in [2.24, 2.45) is 5.92 Å². The largest absolute Gasteiger partial charge is 0.341 e. The molecule has 2 amide bonds. The Morgan fingerprint density at radius 3 is 2.53 bits per heavy atom. The van der Waals surface area contributed by atoms with Gasteiger partial charge in [0.05, 0.1) is 5.92 Å². The summed E-state index contributed by atoms with van der Waals surface area (Å²) in [4.78, 5) is 42.9.